The Morgan fingerprint density at radius 2 is 2.08 bits per heavy atom. The van der Waals surface area contributed by atoms with Crippen LogP contribution in [-0.2, 0) is 5.41 Å². The molecule has 0 aromatic carbocycles. The highest BCUT2D eigenvalue weighted by atomic mass is 14.8. The molecule has 1 saturated carbocycles. The zero-order valence-corrected chi connectivity index (χ0v) is 7.04. The summed E-state index contributed by atoms with van der Waals surface area (Å²) in [6.45, 7) is 1.96. The highest BCUT2D eigenvalue weighted by Crippen LogP contribution is 2.47. The van der Waals surface area contributed by atoms with Crippen molar-refractivity contribution in [3.8, 4) is 12.3 Å². The predicted octanol–water partition coefficient (Wildman–Crippen LogP) is 1.45. The molecule has 1 aromatic heterocycles. The smallest absolute Gasteiger partial charge is 0.0796 e. The van der Waals surface area contributed by atoms with E-state index < -0.39 is 0 Å². The van der Waals surface area contributed by atoms with Crippen LogP contribution in [0.4, 0.5) is 0 Å². The molecule has 60 valence electrons. The number of rotatable bonds is 1. The van der Waals surface area contributed by atoms with Gasteiger partial charge in [-0.2, -0.15) is 0 Å². The monoisotopic (exact) mass is 158 g/mol. The zero-order chi connectivity index (χ0) is 8.60. The molecule has 1 fully saturated rings. The minimum atomic E-state index is -0.0711. The summed E-state index contributed by atoms with van der Waals surface area (Å²) in [6.07, 6.45) is 11.0. The van der Waals surface area contributed by atoms with Crippen LogP contribution in [-0.4, -0.2) is 9.97 Å². The van der Waals surface area contributed by atoms with E-state index in [2.05, 4.69) is 15.9 Å². The number of terminal acetylenes is 1. The Bertz CT molecular complexity index is 345. The van der Waals surface area contributed by atoms with Crippen LogP contribution in [0.1, 0.15) is 24.2 Å². The van der Waals surface area contributed by atoms with E-state index in [1.807, 2.05) is 6.92 Å². The first-order valence-corrected chi connectivity index (χ1v) is 4.04. The first-order chi connectivity index (χ1) is 5.78. The van der Waals surface area contributed by atoms with Gasteiger partial charge in [-0.25, -0.2) is 0 Å². The first-order valence-electron chi connectivity index (χ1n) is 4.04. The van der Waals surface area contributed by atoms with E-state index >= 15 is 0 Å². The summed E-state index contributed by atoms with van der Waals surface area (Å²) < 4.78 is 0. The molecule has 0 spiro atoms. The lowest BCUT2D eigenvalue weighted by Crippen LogP contribution is -2.08. The van der Waals surface area contributed by atoms with E-state index in [0.29, 0.717) is 0 Å². The van der Waals surface area contributed by atoms with Crippen LogP contribution >= 0.6 is 0 Å². The van der Waals surface area contributed by atoms with Gasteiger partial charge in [0.05, 0.1) is 16.8 Å². The second-order valence-corrected chi connectivity index (χ2v) is 3.22. The molecule has 0 atom stereocenters. The maximum absolute atomic E-state index is 5.45. The SMILES string of the molecule is C#CC1(c2nccnc2C)CC1. The van der Waals surface area contributed by atoms with E-state index in [9.17, 15) is 0 Å². The highest BCUT2D eigenvalue weighted by Gasteiger charge is 2.45. The van der Waals surface area contributed by atoms with Gasteiger partial charge in [0.1, 0.15) is 0 Å². The molecule has 0 aliphatic heterocycles. The van der Waals surface area contributed by atoms with Crippen molar-refractivity contribution in [1.82, 2.24) is 9.97 Å². The van der Waals surface area contributed by atoms with E-state index in [0.717, 1.165) is 24.2 Å². The Hall–Kier alpha value is -1.36. The van der Waals surface area contributed by atoms with Gasteiger partial charge in [-0.05, 0) is 19.8 Å². The summed E-state index contributed by atoms with van der Waals surface area (Å²) in [5.74, 6) is 2.81. The van der Waals surface area contributed by atoms with Crippen molar-refractivity contribution in [2.75, 3.05) is 0 Å². The van der Waals surface area contributed by atoms with Crippen molar-refractivity contribution >= 4 is 0 Å². The molecular formula is C10H10N2. The van der Waals surface area contributed by atoms with Gasteiger partial charge in [0.25, 0.3) is 0 Å². The molecule has 2 rings (SSSR count). The van der Waals surface area contributed by atoms with Crippen LogP contribution in [0.3, 0.4) is 0 Å². The molecule has 1 aliphatic rings. The Labute approximate surface area is 72.1 Å². The van der Waals surface area contributed by atoms with Crippen molar-refractivity contribution in [3.63, 3.8) is 0 Å². The van der Waals surface area contributed by atoms with Gasteiger partial charge >= 0.3 is 0 Å². The van der Waals surface area contributed by atoms with Crippen molar-refractivity contribution in [3.05, 3.63) is 23.8 Å². The predicted molar refractivity (Wildman–Crippen MR) is 46.5 cm³/mol. The summed E-state index contributed by atoms with van der Waals surface area (Å²) in [5.41, 5.74) is 1.89. The molecule has 1 heterocycles. The molecule has 0 unspecified atom stereocenters. The van der Waals surface area contributed by atoms with Crippen LogP contribution in [0.15, 0.2) is 12.4 Å². The molecule has 1 aromatic rings. The molecule has 0 radical (unpaired) electrons. The highest BCUT2D eigenvalue weighted by molar-refractivity contribution is 5.38. The summed E-state index contributed by atoms with van der Waals surface area (Å²) in [5, 5.41) is 0. The molecule has 2 nitrogen and oxygen atoms in total. The van der Waals surface area contributed by atoms with E-state index in [1.54, 1.807) is 12.4 Å². The summed E-state index contributed by atoms with van der Waals surface area (Å²) >= 11 is 0. The van der Waals surface area contributed by atoms with E-state index in [-0.39, 0.29) is 5.41 Å². The third-order valence-electron chi connectivity index (χ3n) is 2.36. The maximum Gasteiger partial charge on any atom is 0.0796 e. The van der Waals surface area contributed by atoms with Crippen LogP contribution in [0.2, 0.25) is 0 Å². The Kier molecular flexibility index (Phi) is 1.41. The number of aromatic nitrogens is 2. The molecule has 0 amide bonds. The Morgan fingerprint density at radius 3 is 2.58 bits per heavy atom. The second-order valence-electron chi connectivity index (χ2n) is 3.22. The fraction of sp³-hybridized carbons (Fsp3) is 0.400. The molecule has 0 N–H and O–H groups in total. The van der Waals surface area contributed by atoms with Crippen molar-refractivity contribution in [1.29, 1.82) is 0 Å². The summed E-state index contributed by atoms with van der Waals surface area (Å²) in [4.78, 5) is 8.45. The molecular weight excluding hydrogens is 148 g/mol. The zero-order valence-electron chi connectivity index (χ0n) is 7.04. The summed E-state index contributed by atoms with van der Waals surface area (Å²) in [6, 6.07) is 0. The lowest BCUT2D eigenvalue weighted by Gasteiger charge is -2.07. The van der Waals surface area contributed by atoms with Gasteiger partial charge in [-0.3, -0.25) is 9.97 Å². The largest absolute Gasteiger partial charge is 0.258 e. The number of hydrogen-bond acceptors (Lipinski definition) is 2. The van der Waals surface area contributed by atoms with Gasteiger partial charge in [-0.1, -0.05) is 5.92 Å². The molecule has 0 bridgehead atoms. The fourth-order valence-electron chi connectivity index (χ4n) is 1.45. The minimum absolute atomic E-state index is 0.0711. The number of aryl methyl sites for hydroxylation is 1. The number of nitrogens with zero attached hydrogens (tertiary/aromatic N) is 2. The quantitative estimate of drug-likeness (QED) is 0.578. The minimum Gasteiger partial charge on any atom is -0.258 e. The van der Waals surface area contributed by atoms with E-state index in [4.69, 9.17) is 6.42 Å². The van der Waals surface area contributed by atoms with Crippen LogP contribution < -0.4 is 0 Å². The standard InChI is InChI=1S/C10H10N2/c1-3-10(4-5-10)9-8(2)11-6-7-12-9/h1,6-7H,4-5H2,2H3. The van der Waals surface area contributed by atoms with Gasteiger partial charge in [0.15, 0.2) is 0 Å². The van der Waals surface area contributed by atoms with Crippen LogP contribution in [0.5, 0.6) is 0 Å². The Morgan fingerprint density at radius 1 is 1.42 bits per heavy atom. The number of hydrogen-bond donors (Lipinski definition) is 0. The van der Waals surface area contributed by atoms with Gasteiger partial charge < -0.3 is 0 Å². The second kappa shape index (κ2) is 2.31. The lowest BCUT2D eigenvalue weighted by atomic mass is 10.0. The third-order valence-corrected chi connectivity index (χ3v) is 2.36. The molecule has 1 aliphatic carbocycles. The van der Waals surface area contributed by atoms with Crippen LogP contribution in [0, 0.1) is 19.3 Å². The molecule has 0 saturated heterocycles. The topological polar surface area (TPSA) is 25.8 Å². The van der Waals surface area contributed by atoms with Gasteiger partial charge in [-0.15, -0.1) is 6.42 Å². The summed E-state index contributed by atoms with van der Waals surface area (Å²) in [7, 11) is 0. The lowest BCUT2D eigenvalue weighted by molar-refractivity contribution is 0.833. The molecule has 12 heavy (non-hydrogen) atoms. The third kappa shape index (κ3) is 0.902. The Balaban J connectivity index is 2.48. The average Bonchev–Trinajstić information content (AvgIpc) is 2.86. The van der Waals surface area contributed by atoms with Crippen LogP contribution in [0.25, 0.3) is 0 Å². The van der Waals surface area contributed by atoms with Crippen molar-refractivity contribution in [2.45, 2.75) is 25.2 Å². The average molecular weight is 158 g/mol. The fourth-order valence-corrected chi connectivity index (χ4v) is 1.45. The first kappa shape index (κ1) is 7.30. The molecule has 2 heteroatoms. The maximum atomic E-state index is 5.45. The van der Waals surface area contributed by atoms with E-state index in [1.165, 1.54) is 0 Å². The van der Waals surface area contributed by atoms with Crippen molar-refractivity contribution < 1.29 is 0 Å². The van der Waals surface area contributed by atoms with Gasteiger partial charge in [0.2, 0.25) is 0 Å². The van der Waals surface area contributed by atoms with Gasteiger partial charge in [0, 0.05) is 12.4 Å². The van der Waals surface area contributed by atoms with Crippen molar-refractivity contribution in [2.24, 2.45) is 0 Å². The normalized spacial score (nSPS) is 18.3.